The van der Waals surface area contributed by atoms with Crippen molar-refractivity contribution in [2.24, 2.45) is 5.92 Å². The summed E-state index contributed by atoms with van der Waals surface area (Å²) in [7, 11) is 1.90. The van der Waals surface area contributed by atoms with Gasteiger partial charge in [-0.3, -0.25) is 4.79 Å². The molecule has 1 saturated carbocycles. The molecular weight excluding hydrogens is 323 g/mol. The molecule has 2 fully saturated rings. The maximum atomic E-state index is 12.5. The summed E-state index contributed by atoms with van der Waals surface area (Å²) in [4.78, 5) is 23.6. The number of hydrogen-bond donors (Lipinski definition) is 1. The van der Waals surface area contributed by atoms with E-state index in [1.807, 2.05) is 11.9 Å². The fourth-order valence-electron chi connectivity index (χ4n) is 3.07. The first-order valence-corrected chi connectivity index (χ1v) is 7.98. The SMILES string of the molecule is CNC1CC(C(=O)N2CCN(c3ncc(C(F)(F)F)cn3)CC2)C1. The highest BCUT2D eigenvalue weighted by atomic mass is 19.4. The van der Waals surface area contributed by atoms with Gasteiger partial charge in [-0.1, -0.05) is 0 Å². The molecule has 0 bridgehead atoms. The van der Waals surface area contributed by atoms with Crippen LogP contribution in [-0.4, -0.2) is 60.0 Å². The summed E-state index contributed by atoms with van der Waals surface area (Å²) in [6, 6.07) is 0.431. The Bertz CT molecular complexity index is 578. The Morgan fingerprint density at radius 3 is 2.25 bits per heavy atom. The van der Waals surface area contributed by atoms with Crippen molar-refractivity contribution in [1.29, 1.82) is 0 Å². The molecule has 132 valence electrons. The number of piperazine rings is 1. The normalized spacial score (nSPS) is 24.7. The molecule has 2 heterocycles. The molecule has 1 aliphatic heterocycles. The second-order valence-corrected chi connectivity index (χ2v) is 6.24. The van der Waals surface area contributed by atoms with Crippen molar-refractivity contribution >= 4 is 11.9 Å². The number of anilines is 1. The third-order valence-corrected chi connectivity index (χ3v) is 4.74. The van der Waals surface area contributed by atoms with Crippen molar-refractivity contribution < 1.29 is 18.0 Å². The summed E-state index contributed by atoms with van der Waals surface area (Å²) < 4.78 is 37.6. The topological polar surface area (TPSA) is 61.4 Å². The monoisotopic (exact) mass is 343 g/mol. The Labute approximate surface area is 138 Å². The van der Waals surface area contributed by atoms with E-state index >= 15 is 0 Å². The molecule has 1 aliphatic carbocycles. The molecule has 0 unspecified atom stereocenters. The van der Waals surface area contributed by atoms with Crippen molar-refractivity contribution in [3.63, 3.8) is 0 Å². The first-order valence-electron chi connectivity index (χ1n) is 7.98. The van der Waals surface area contributed by atoms with Crippen molar-refractivity contribution in [3.8, 4) is 0 Å². The van der Waals surface area contributed by atoms with Crippen LogP contribution < -0.4 is 10.2 Å². The Morgan fingerprint density at radius 2 is 1.75 bits per heavy atom. The maximum Gasteiger partial charge on any atom is 0.419 e. The van der Waals surface area contributed by atoms with Gasteiger partial charge in [-0.05, 0) is 19.9 Å². The van der Waals surface area contributed by atoms with Gasteiger partial charge in [-0.2, -0.15) is 13.2 Å². The summed E-state index contributed by atoms with van der Waals surface area (Å²) in [5, 5.41) is 3.16. The lowest BCUT2D eigenvalue weighted by Crippen LogP contribution is -2.54. The molecule has 2 aliphatic rings. The average molecular weight is 343 g/mol. The molecule has 9 heteroatoms. The smallest absolute Gasteiger partial charge is 0.339 e. The first kappa shape index (κ1) is 16.9. The lowest BCUT2D eigenvalue weighted by Gasteiger charge is -2.40. The fraction of sp³-hybridized carbons (Fsp3) is 0.667. The summed E-state index contributed by atoms with van der Waals surface area (Å²) in [6.07, 6.45) is -1.09. The molecule has 1 aromatic rings. The Hall–Kier alpha value is -1.90. The molecule has 1 aromatic heterocycles. The van der Waals surface area contributed by atoms with E-state index in [1.54, 1.807) is 4.90 Å². The minimum Gasteiger partial charge on any atom is -0.339 e. The van der Waals surface area contributed by atoms with Crippen LogP contribution in [0.4, 0.5) is 19.1 Å². The minimum atomic E-state index is -4.43. The van der Waals surface area contributed by atoms with Crippen LogP contribution in [0, 0.1) is 5.92 Å². The molecule has 1 N–H and O–H groups in total. The summed E-state index contributed by atoms with van der Waals surface area (Å²) in [6.45, 7) is 2.15. The van der Waals surface area contributed by atoms with Crippen LogP contribution in [0.5, 0.6) is 0 Å². The molecule has 6 nitrogen and oxygen atoms in total. The number of rotatable bonds is 3. The maximum absolute atomic E-state index is 12.5. The summed E-state index contributed by atoms with van der Waals surface area (Å²) in [5.74, 6) is 0.541. The number of halogens is 3. The number of amides is 1. The summed E-state index contributed by atoms with van der Waals surface area (Å²) >= 11 is 0. The average Bonchev–Trinajstić information content (AvgIpc) is 2.53. The van der Waals surface area contributed by atoms with Crippen molar-refractivity contribution in [2.45, 2.75) is 25.1 Å². The zero-order valence-electron chi connectivity index (χ0n) is 13.4. The summed E-state index contributed by atoms with van der Waals surface area (Å²) in [5.41, 5.74) is -0.857. The van der Waals surface area contributed by atoms with Gasteiger partial charge < -0.3 is 15.1 Å². The van der Waals surface area contributed by atoms with E-state index < -0.39 is 11.7 Å². The molecule has 1 saturated heterocycles. The number of carbonyl (C=O) groups is 1. The van der Waals surface area contributed by atoms with E-state index in [4.69, 9.17) is 0 Å². The van der Waals surface area contributed by atoms with Crippen molar-refractivity contribution in [3.05, 3.63) is 18.0 Å². The van der Waals surface area contributed by atoms with Crippen molar-refractivity contribution in [2.75, 3.05) is 38.1 Å². The Kier molecular flexibility index (Phi) is 4.62. The highest BCUT2D eigenvalue weighted by Gasteiger charge is 2.37. The number of hydrogen-bond acceptors (Lipinski definition) is 5. The van der Waals surface area contributed by atoms with Gasteiger partial charge in [0.05, 0.1) is 5.56 Å². The Morgan fingerprint density at radius 1 is 1.17 bits per heavy atom. The van der Waals surface area contributed by atoms with Crippen LogP contribution in [0.2, 0.25) is 0 Å². The number of carbonyl (C=O) groups excluding carboxylic acids is 1. The first-order chi connectivity index (χ1) is 11.4. The molecule has 0 spiro atoms. The zero-order valence-corrected chi connectivity index (χ0v) is 13.4. The van der Waals surface area contributed by atoms with Gasteiger partial charge in [-0.25, -0.2) is 9.97 Å². The second-order valence-electron chi connectivity index (χ2n) is 6.24. The lowest BCUT2D eigenvalue weighted by atomic mass is 9.79. The third kappa shape index (κ3) is 3.45. The van der Waals surface area contributed by atoms with E-state index in [1.165, 1.54) is 0 Å². The van der Waals surface area contributed by atoms with Gasteiger partial charge in [0, 0.05) is 50.5 Å². The molecule has 3 rings (SSSR count). The molecule has 0 aromatic carbocycles. The van der Waals surface area contributed by atoms with Crippen LogP contribution >= 0.6 is 0 Å². The van der Waals surface area contributed by atoms with E-state index in [9.17, 15) is 18.0 Å². The Balaban J connectivity index is 1.52. The van der Waals surface area contributed by atoms with Crippen LogP contribution in [0.15, 0.2) is 12.4 Å². The molecular formula is C15H20F3N5O. The second kappa shape index (κ2) is 6.54. The van der Waals surface area contributed by atoms with E-state index in [0.29, 0.717) is 32.2 Å². The largest absolute Gasteiger partial charge is 0.419 e. The lowest BCUT2D eigenvalue weighted by molar-refractivity contribution is -0.139. The van der Waals surface area contributed by atoms with Gasteiger partial charge >= 0.3 is 6.18 Å². The van der Waals surface area contributed by atoms with Crippen LogP contribution in [0.3, 0.4) is 0 Å². The highest BCUT2D eigenvalue weighted by molar-refractivity contribution is 5.80. The van der Waals surface area contributed by atoms with Crippen molar-refractivity contribution in [1.82, 2.24) is 20.2 Å². The number of nitrogens with one attached hydrogen (secondary N) is 1. The minimum absolute atomic E-state index is 0.0938. The predicted octanol–water partition coefficient (Wildman–Crippen LogP) is 1.14. The van der Waals surface area contributed by atoms with Gasteiger partial charge in [0.1, 0.15) is 0 Å². The quantitative estimate of drug-likeness (QED) is 0.892. The number of nitrogens with zero attached hydrogens (tertiary/aromatic N) is 4. The van der Waals surface area contributed by atoms with E-state index in [2.05, 4.69) is 15.3 Å². The van der Waals surface area contributed by atoms with Gasteiger partial charge in [-0.15, -0.1) is 0 Å². The van der Waals surface area contributed by atoms with Gasteiger partial charge in [0.2, 0.25) is 11.9 Å². The van der Waals surface area contributed by atoms with Crippen LogP contribution in [0.1, 0.15) is 18.4 Å². The van der Waals surface area contributed by atoms with Gasteiger partial charge in [0.15, 0.2) is 0 Å². The highest BCUT2D eigenvalue weighted by Crippen LogP contribution is 2.30. The van der Waals surface area contributed by atoms with Crippen LogP contribution in [-0.2, 0) is 11.0 Å². The molecule has 0 atom stereocenters. The van der Waals surface area contributed by atoms with E-state index in [-0.39, 0.29) is 17.8 Å². The van der Waals surface area contributed by atoms with E-state index in [0.717, 1.165) is 25.2 Å². The molecule has 24 heavy (non-hydrogen) atoms. The molecule has 0 radical (unpaired) electrons. The standard InChI is InChI=1S/C15H20F3N5O/c1-19-12-6-10(7-12)13(24)22-2-4-23(5-3-22)14-20-8-11(9-21-14)15(16,17)18/h8-10,12,19H,2-7H2,1H3. The fourth-order valence-corrected chi connectivity index (χ4v) is 3.07. The third-order valence-electron chi connectivity index (χ3n) is 4.74. The molecule has 1 amide bonds. The van der Waals surface area contributed by atoms with Crippen LogP contribution in [0.25, 0.3) is 0 Å². The predicted molar refractivity (Wildman–Crippen MR) is 81.4 cm³/mol. The number of aromatic nitrogens is 2. The van der Waals surface area contributed by atoms with Gasteiger partial charge in [0.25, 0.3) is 0 Å². The number of alkyl halides is 3. The zero-order chi connectivity index (χ0) is 17.3.